The molecule has 0 radical (unpaired) electrons. The van der Waals surface area contributed by atoms with E-state index in [9.17, 15) is 0 Å². The Hall–Kier alpha value is -4.09. The van der Waals surface area contributed by atoms with Crippen molar-refractivity contribution in [3.8, 4) is 0 Å². The van der Waals surface area contributed by atoms with Gasteiger partial charge in [0.2, 0.25) is 0 Å². The summed E-state index contributed by atoms with van der Waals surface area (Å²) < 4.78 is 0. The molecule has 41 heavy (non-hydrogen) atoms. The van der Waals surface area contributed by atoms with Gasteiger partial charge >= 0.3 is 0 Å². The Morgan fingerprint density at radius 3 is 1.39 bits per heavy atom. The minimum Gasteiger partial charge on any atom is -0.310 e. The molecule has 0 N–H and O–H groups in total. The largest absolute Gasteiger partial charge is 0.310 e. The number of halogens is 1. The average Bonchev–Trinajstić information content (AvgIpc) is 3.03. The molecule has 1 heterocycles. The highest BCUT2D eigenvalue weighted by atomic mass is 35.5. The normalized spacial score (nSPS) is 11.8. The zero-order valence-corrected chi connectivity index (χ0v) is 24.4. The van der Waals surface area contributed by atoms with Crippen LogP contribution in [-0.4, -0.2) is 0 Å². The lowest BCUT2D eigenvalue weighted by molar-refractivity contribution is 1.12. The monoisotopic (exact) mass is 584 g/mol. The van der Waals surface area contributed by atoms with Crippen LogP contribution in [0, 0.1) is 0 Å². The highest BCUT2D eigenvalue weighted by Crippen LogP contribution is 2.55. The van der Waals surface area contributed by atoms with Crippen LogP contribution in [0.15, 0.2) is 171 Å². The summed E-state index contributed by atoms with van der Waals surface area (Å²) in [6, 6.07) is 53.0. The molecule has 6 aromatic carbocycles. The number of fused-ring (bicyclic) bond motifs is 2. The number of para-hydroxylation sites is 4. The summed E-state index contributed by atoms with van der Waals surface area (Å²) in [5.74, 6) is 0. The summed E-state index contributed by atoms with van der Waals surface area (Å²) in [5.41, 5.74) is 6.62. The van der Waals surface area contributed by atoms with Gasteiger partial charge in [0.05, 0.1) is 10.6 Å². The van der Waals surface area contributed by atoms with E-state index >= 15 is 0 Å². The van der Waals surface area contributed by atoms with Gasteiger partial charge in [-0.25, -0.2) is 0 Å². The number of hydrogen-bond acceptors (Lipinski definition) is 4. The van der Waals surface area contributed by atoms with Crippen LogP contribution in [0.5, 0.6) is 0 Å². The summed E-state index contributed by atoms with van der Waals surface area (Å²) in [4.78, 5) is 9.42. The highest BCUT2D eigenvalue weighted by molar-refractivity contribution is 8.05. The summed E-state index contributed by atoms with van der Waals surface area (Å²) in [6.07, 6.45) is 0. The minimum absolute atomic E-state index is 0.725. The fourth-order valence-corrected chi connectivity index (χ4v) is 7.79. The number of anilines is 6. The van der Waals surface area contributed by atoms with Crippen molar-refractivity contribution in [1.29, 1.82) is 0 Å². The molecule has 6 aromatic rings. The maximum Gasteiger partial charge on any atom is 0.0627 e. The molecule has 1 aliphatic heterocycles. The van der Waals surface area contributed by atoms with Crippen LogP contribution in [0.1, 0.15) is 0 Å². The Morgan fingerprint density at radius 2 is 0.878 bits per heavy atom. The number of rotatable bonds is 6. The zero-order valence-electron chi connectivity index (χ0n) is 22.0. The van der Waals surface area contributed by atoms with Crippen molar-refractivity contribution >= 4 is 69.2 Å². The molecular weight excluding hydrogens is 560 g/mol. The lowest BCUT2D eigenvalue weighted by Gasteiger charge is -2.31. The van der Waals surface area contributed by atoms with E-state index in [0.717, 1.165) is 44.0 Å². The molecule has 0 saturated heterocycles. The van der Waals surface area contributed by atoms with E-state index < -0.39 is 0 Å². The van der Waals surface area contributed by atoms with Gasteiger partial charge in [-0.3, -0.25) is 0 Å². The van der Waals surface area contributed by atoms with Gasteiger partial charge < -0.3 is 9.80 Å². The van der Waals surface area contributed by atoms with E-state index in [1.54, 1.807) is 11.8 Å². The number of benzene rings is 6. The molecule has 0 saturated carbocycles. The topological polar surface area (TPSA) is 6.48 Å². The molecular formula is C36H25ClN2S2. The third-order valence-electron chi connectivity index (χ3n) is 6.92. The molecule has 0 unspecified atom stereocenters. The molecule has 0 spiro atoms. The average molecular weight is 585 g/mol. The second-order valence-electron chi connectivity index (χ2n) is 9.60. The SMILES string of the molecule is Clc1cc2c(c(N(c3ccccc3)c3ccccc3)c1)Sc1cc(N(c3ccccc3)c3ccccc3)ccc1S2. The van der Waals surface area contributed by atoms with E-state index in [0.29, 0.717) is 0 Å². The second kappa shape index (κ2) is 11.4. The predicted octanol–water partition coefficient (Wildman–Crippen LogP) is 11.9. The molecule has 0 aliphatic carbocycles. The molecule has 0 aromatic heterocycles. The van der Waals surface area contributed by atoms with E-state index in [1.807, 2.05) is 23.9 Å². The van der Waals surface area contributed by atoms with Crippen LogP contribution >= 0.6 is 35.1 Å². The summed E-state index contributed by atoms with van der Waals surface area (Å²) in [5, 5.41) is 0.725. The Kier molecular flexibility index (Phi) is 7.20. The quantitative estimate of drug-likeness (QED) is 0.192. The lowest BCUT2D eigenvalue weighted by atomic mass is 10.2. The smallest absolute Gasteiger partial charge is 0.0627 e. The first-order valence-electron chi connectivity index (χ1n) is 13.4. The van der Waals surface area contributed by atoms with E-state index in [-0.39, 0.29) is 0 Å². The first kappa shape index (κ1) is 25.8. The van der Waals surface area contributed by atoms with Crippen LogP contribution in [-0.2, 0) is 0 Å². The van der Waals surface area contributed by atoms with Crippen molar-refractivity contribution in [1.82, 2.24) is 0 Å². The van der Waals surface area contributed by atoms with Crippen LogP contribution in [0.4, 0.5) is 34.1 Å². The molecule has 5 heteroatoms. The van der Waals surface area contributed by atoms with Gasteiger partial charge in [0.15, 0.2) is 0 Å². The third kappa shape index (κ3) is 5.22. The van der Waals surface area contributed by atoms with Crippen LogP contribution in [0.25, 0.3) is 0 Å². The second-order valence-corrected chi connectivity index (χ2v) is 12.2. The predicted molar refractivity (Wildman–Crippen MR) is 176 cm³/mol. The number of nitrogens with zero attached hydrogens (tertiary/aromatic N) is 2. The molecule has 2 nitrogen and oxygen atoms in total. The first-order chi connectivity index (χ1) is 20.2. The van der Waals surface area contributed by atoms with Crippen molar-refractivity contribution in [2.45, 2.75) is 19.6 Å². The summed E-state index contributed by atoms with van der Waals surface area (Å²) in [7, 11) is 0. The zero-order chi connectivity index (χ0) is 27.6. The van der Waals surface area contributed by atoms with Gasteiger partial charge in [0.25, 0.3) is 0 Å². The maximum atomic E-state index is 6.77. The molecule has 0 fully saturated rings. The molecule has 0 atom stereocenters. The van der Waals surface area contributed by atoms with Gasteiger partial charge in [0, 0.05) is 48.1 Å². The van der Waals surface area contributed by atoms with Gasteiger partial charge in [0.1, 0.15) is 0 Å². The Labute approximate surface area is 254 Å². The fraction of sp³-hybridized carbons (Fsp3) is 0. The highest BCUT2D eigenvalue weighted by Gasteiger charge is 2.26. The van der Waals surface area contributed by atoms with Gasteiger partial charge in [-0.2, -0.15) is 0 Å². The Bertz CT molecular complexity index is 1720. The Balaban J connectivity index is 1.35. The van der Waals surface area contributed by atoms with E-state index in [2.05, 4.69) is 149 Å². The van der Waals surface area contributed by atoms with Crippen molar-refractivity contribution in [2.24, 2.45) is 0 Å². The van der Waals surface area contributed by atoms with Crippen molar-refractivity contribution in [3.05, 3.63) is 157 Å². The van der Waals surface area contributed by atoms with E-state index in [1.165, 1.54) is 14.7 Å². The molecule has 0 amide bonds. The molecule has 7 rings (SSSR count). The van der Waals surface area contributed by atoms with Crippen molar-refractivity contribution in [3.63, 3.8) is 0 Å². The lowest BCUT2D eigenvalue weighted by Crippen LogP contribution is -2.12. The van der Waals surface area contributed by atoms with Crippen molar-refractivity contribution < 1.29 is 0 Å². The van der Waals surface area contributed by atoms with Crippen molar-refractivity contribution in [2.75, 3.05) is 9.80 Å². The van der Waals surface area contributed by atoms with Crippen LogP contribution in [0.3, 0.4) is 0 Å². The minimum atomic E-state index is 0.725. The van der Waals surface area contributed by atoms with Crippen LogP contribution < -0.4 is 9.80 Å². The standard InChI is InChI=1S/C36H25ClN2S2/c37-26-23-32(39(29-17-9-3-10-18-29)30-19-11-4-12-20-30)36-35(24-26)40-33-22-21-31(25-34(33)41-36)38(27-13-5-1-6-14-27)28-15-7-2-8-16-28/h1-25H. The molecule has 1 aliphatic rings. The third-order valence-corrected chi connectivity index (χ3v) is 9.70. The number of hydrogen-bond donors (Lipinski definition) is 0. The van der Waals surface area contributed by atoms with Gasteiger partial charge in [-0.05, 0) is 78.9 Å². The summed E-state index contributed by atoms with van der Waals surface area (Å²) >= 11 is 10.4. The van der Waals surface area contributed by atoms with Gasteiger partial charge in [-0.15, -0.1) is 0 Å². The first-order valence-corrected chi connectivity index (χ1v) is 15.4. The Morgan fingerprint density at radius 1 is 0.390 bits per heavy atom. The van der Waals surface area contributed by atoms with Gasteiger partial charge in [-0.1, -0.05) is 108 Å². The summed E-state index contributed by atoms with van der Waals surface area (Å²) in [6.45, 7) is 0. The molecule has 0 bridgehead atoms. The fourth-order valence-electron chi connectivity index (χ4n) is 5.11. The van der Waals surface area contributed by atoms with Crippen LogP contribution in [0.2, 0.25) is 5.02 Å². The molecule has 198 valence electrons. The maximum absolute atomic E-state index is 6.77. The van der Waals surface area contributed by atoms with E-state index in [4.69, 9.17) is 11.6 Å².